The van der Waals surface area contributed by atoms with Gasteiger partial charge in [0.05, 0.1) is 0 Å². The summed E-state index contributed by atoms with van der Waals surface area (Å²) in [6.45, 7) is 3.64. The molecule has 1 N–H and O–H groups in total. The van der Waals surface area contributed by atoms with E-state index in [0.29, 0.717) is 11.4 Å². The van der Waals surface area contributed by atoms with E-state index >= 15 is 0 Å². The van der Waals surface area contributed by atoms with Crippen LogP contribution in [0.25, 0.3) is 0 Å². The highest BCUT2D eigenvalue weighted by molar-refractivity contribution is 6.18. The highest BCUT2D eigenvalue weighted by atomic mass is 35.5. The highest BCUT2D eigenvalue weighted by Crippen LogP contribution is 2.06. The van der Waals surface area contributed by atoms with E-state index in [1.807, 2.05) is 13.8 Å². The predicted octanol–water partition coefficient (Wildman–Crippen LogP) is 1.13. The van der Waals surface area contributed by atoms with Crippen LogP contribution in [0.2, 0.25) is 0 Å². The van der Waals surface area contributed by atoms with Crippen molar-refractivity contribution in [1.82, 2.24) is 9.88 Å². The third-order valence-corrected chi connectivity index (χ3v) is 2.82. The lowest BCUT2D eigenvalue weighted by molar-refractivity contribution is 0.0920. The van der Waals surface area contributed by atoms with Gasteiger partial charge in [-0.3, -0.25) is 9.59 Å². The largest absolute Gasteiger partial charge is 0.346 e. The van der Waals surface area contributed by atoms with Gasteiger partial charge in [0.1, 0.15) is 0 Å². The van der Waals surface area contributed by atoms with Crippen LogP contribution in [0, 0.1) is 0 Å². The molecule has 0 saturated carbocycles. The molecule has 0 unspecified atom stereocenters. The van der Waals surface area contributed by atoms with E-state index in [9.17, 15) is 9.59 Å². The van der Waals surface area contributed by atoms with Crippen molar-refractivity contribution < 1.29 is 4.79 Å². The zero-order chi connectivity index (χ0) is 12.3. The Bertz CT molecular complexity index is 452. The number of carbonyl (C=O) groups excluding carboxylic acids is 1. The summed E-state index contributed by atoms with van der Waals surface area (Å²) in [5.41, 5.74) is -0.350. The average molecular weight is 243 g/mol. The van der Waals surface area contributed by atoms with Gasteiger partial charge in [-0.2, -0.15) is 0 Å². The lowest BCUT2D eigenvalue weighted by Gasteiger charge is -2.23. The van der Waals surface area contributed by atoms with Gasteiger partial charge in [-0.15, -0.1) is 11.6 Å². The number of hydrogen-bond acceptors (Lipinski definition) is 2. The summed E-state index contributed by atoms with van der Waals surface area (Å²) in [6.07, 6.45) is 1.56. The van der Waals surface area contributed by atoms with Crippen molar-refractivity contribution in [3.05, 3.63) is 34.2 Å². The molecule has 0 aliphatic carbocycles. The average Bonchev–Trinajstić information content (AvgIpc) is 2.21. The molecule has 0 aliphatic heterocycles. The van der Waals surface area contributed by atoms with Gasteiger partial charge in [0.2, 0.25) is 0 Å². The zero-order valence-electron chi connectivity index (χ0n) is 9.58. The fourth-order valence-corrected chi connectivity index (χ4v) is 1.17. The standard InChI is InChI=1S/C11H15ClN2O2/c1-11(2,7-12)13-10(16)8-4-5-14(3)9(15)6-8/h4-6H,7H2,1-3H3,(H,13,16). The number of aryl methyl sites for hydroxylation is 1. The number of hydrogen-bond donors (Lipinski definition) is 1. The predicted molar refractivity (Wildman–Crippen MR) is 63.9 cm³/mol. The summed E-state index contributed by atoms with van der Waals surface area (Å²) in [6, 6.07) is 2.90. The number of rotatable bonds is 3. The molecule has 0 fully saturated rings. The van der Waals surface area contributed by atoms with Crippen LogP contribution < -0.4 is 10.9 Å². The van der Waals surface area contributed by atoms with Crippen molar-refractivity contribution >= 4 is 17.5 Å². The number of aromatic nitrogens is 1. The summed E-state index contributed by atoms with van der Waals surface area (Å²) >= 11 is 5.70. The lowest BCUT2D eigenvalue weighted by atomic mass is 10.1. The number of carbonyl (C=O) groups is 1. The second kappa shape index (κ2) is 4.70. The molecule has 4 nitrogen and oxygen atoms in total. The molecule has 0 radical (unpaired) electrons. The molecule has 16 heavy (non-hydrogen) atoms. The van der Waals surface area contributed by atoms with Gasteiger partial charge in [0, 0.05) is 36.3 Å². The van der Waals surface area contributed by atoms with E-state index in [4.69, 9.17) is 11.6 Å². The van der Waals surface area contributed by atoms with Crippen molar-refractivity contribution in [2.24, 2.45) is 7.05 Å². The number of alkyl halides is 1. The van der Waals surface area contributed by atoms with E-state index in [2.05, 4.69) is 5.32 Å². The molecule has 88 valence electrons. The Hall–Kier alpha value is -1.29. The first-order chi connectivity index (χ1) is 7.35. The van der Waals surface area contributed by atoms with Crippen LogP contribution in [0.3, 0.4) is 0 Å². The van der Waals surface area contributed by atoms with Crippen molar-refractivity contribution in [3.63, 3.8) is 0 Å². The van der Waals surface area contributed by atoms with Crippen molar-refractivity contribution in [2.45, 2.75) is 19.4 Å². The summed E-state index contributed by atoms with van der Waals surface area (Å²) in [4.78, 5) is 23.1. The molecule has 0 bridgehead atoms. The van der Waals surface area contributed by atoms with Crippen LogP contribution in [0.4, 0.5) is 0 Å². The fraction of sp³-hybridized carbons (Fsp3) is 0.455. The molecule has 1 amide bonds. The van der Waals surface area contributed by atoms with Gasteiger partial charge in [-0.25, -0.2) is 0 Å². The molecular weight excluding hydrogens is 228 g/mol. The fourth-order valence-electron chi connectivity index (χ4n) is 1.10. The van der Waals surface area contributed by atoms with Gasteiger partial charge in [-0.05, 0) is 19.9 Å². The van der Waals surface area contributed by atoms with Crippen LogP contribution in [0.1, 0.15) is 24.2 Å². The maximum Gasteiger partial charge on any atom is 0.251 e. The van der Waals surface area contributed by atoms with Gasteiger partial charge in [0.15, 0.2) is 0 Å². The summed E-state index contributed by atoms with van der Waals surface area (Å²) in [5.74, 6) is 0.0205. The van der Waals surface area contributed by atoms with Crippen molar-refractivity contribution in [3.8, 4) is 0 Å². The van der Waals surface area contributed by atoms with Gasteiger partial charge in [0.25, 0.3) is 11.5 Å². The van der Waals surface area contributed by atoms with Gasteiger partial charge >= 0.3 is 0 Å². The normalized spacial score (nSPS) is 11.2. The minimum Gasteiger partial charge on any atom is -0.346 e. The Morgan fingerprint density at radius 3 is 2.69 bits per heavy atom. The zero-order valence-corrected chi connectivity index (χ0v) is 10.3. The van der Waals surface area contributed by atoms with E-state index in [0.717, 1.165) is 0 Å². The molecule has 0 spiro atoms. The number of nitrogens with one attached hydrogen (secondary N) is 1. The highest BCUT2D eigenvalue weighted by Gasteiger charge is 2.20. The molecule has 1 heterocycles. The maximum absolute atomic E-state index is 11.8. The van der Waals surface area contributed by atoms with Crippen molar-refractivity contribution in [1.29, 1.82) is 0 Å². The molecular formula is C11H15ClN2O2. The van der Waals surface area contributed by atoms with E-state index in [-0.39, 0.29) is 11.5 Å². The monoisotopic (exact) mass is 242 g/mol. The third kappa shape index (κ3) is 3.10. The first kappa shape index (κ1) is 12.8. The molecule has 0 aliphatic rings. The first-order valence-electron chi connectivity index (χ1n) is 4.91. The Labute approximate surface area is 99.2 Å². The van der Waals surface area contributed by atoms with E-state index in [1.165, 1.54) is 10.6 Å². The summed E-state index contributed by atoms with van der Waals surface area (Å²) < 4.78 is 1.41. The Morgan fingerprint density at radius 1 is 1.56 bits per heavy atom. The maximum atomic E-state index is 11.8. The SMILES string of the molecule is Cn1ccc(C(=O)NC(C)(C)CCl)cc1=O. The molecule has 1 rings (SSSR count). The minimum absolute atomic E-state index is 0.212. The first-order valence-corrected chi connectivity index (χ1v) is 5.44. The van der Waals surface area contributed by atoms with Crippen molar-refractivity contribution in [2.75, 3.05) is 5.88 Å². The smallest absolute Gasteiger partial charge is 0.251 e. The number of halogens is 1. The molecule has 0 saturated heterocycles. The van der Waals surface area contributed by atoms with Crippen LogP contribution in [-0.4, -0.2) is 21.9 Å². The second-order valence-corrected chi connectivity index (χ2v) is 4.60. The second-order valence-electron chi connectivity index (χ2n) is 4.34. The topological polar surface area (TPSA) is 51.1 Å². The number of pyridine rings is 1. The van der Waals surface area contributed by atoms with Gasteiger partial charge < -0.3 is 9.88 Å². The summed E-state index contributed by atoms with van der Waals surface area (Å²) in [5, 5.41) is 2.75. The Kier molecular flexibility index (Phi) is 3.75. The van der Waals surface area contributed by atoms with Crippen LogP contribution >= 0.6 is 11.6 Å². The minimum atomic E-state index is -0.486. The Balaban J connectivity index is 2.90. The third-order valence-electron chi connectivity index (χ3n) is 2.15. The molecule has 5 heteroatoms. The van der Waals surface area contributed by atoms with E-state index in [1.54, 1.807) is 19.3 Å². The van der Waals surface area contributed by atoms with E-state index < -0.39 is 5.54 Å². The van der Waals surface area contributed by atoms with Crippen LogP contribution in [0.5, 0.6) is 0 Å². The van der Waals surface area contributed by atoms with Gasteiger partial charge in [-0.1, -0.05) is 0 Å². The molecule has 0 aromatic carbocycles. The molecule has 1 aromatic rings. The number of nitrogens with zero attached hydrogens (tertiary/aromatic N) is 1. The quantitative estimate of drug-likeness (QED) is 0.808. The number of amides is 1. The summed E-state index contributed by atoms with van der Waals surface area (Å²) in [7, 11) is 1.63. The lowest BCUT2D eigenvalue weighted by Crippen LogP contribution is -2.45. The van der Waals surface area contributed by atoms with Crippen LogP contribution in [-0.2, 0) is 7.05 Å². The molecule has 1 aromatic heterocycles. The Morgan fingerprint density at radius 2 is 2.19 bits per heavy atom. The molecule has 0 atom stereocenters. The van der Waals surface area contributed by atoms with Crippen LogP contribution in [0.15, 0.2) is 23.1 Å².